The van der Waals surface area contributed by atoms with Crippen molar-refractivity contribution < 1.29 is 9.47 Å². The van der Waals surface area contributed by atoms with Crippen LogP contribution in [0.15, 0.2) is 41.7 Å². The highest BCUT2D eigenvalue weighted by molar-refractivity contribution is 5.79. The lowest BCUT2D eigenvalue weighted by Crippen LogP contribution is -2.38. The minimum Gasteiger partial charge on any atom is -0.493 e. The minimum atomic E-state index is 0.659. The summed E-state index contributed by atoms with van der Waals surface area (Å²) in [7, 11) is 5.31. The molecule has 2 N–H and O–H groups in total. The molecular weight excluding hydrogens is 316 g/mol. The number of methoxy groups -OCH3 is 2. The van der Waals surface area contributed by atoms with Gasteiger partial charge in [-0.2, -0.15) is 0 Å². The fourth-order valence-electron chi connectivity index (χ4n) is 2.53. The number of nitrogens with zero attached hydrogens (tertiary/aromatic N) is 2. The van der Waals surface area contributed by atoms with Crippen LogP contribution in [0.2, 0.25) is 0 Å². The molecule has 0 radical (unpaired) electrons. The Labute approximate surface area is 149 Å². The van der Waals surface area contributed by atoms with E-state index in [1.807, 2.05) is 29.9 Å². The van der Waals surface area contributed by atoms with Crippen LogP contribution in [0.4, 0.5) is 0 Å². The van der Waals surface area contributed by atoms with E-state index in [1.165, 1.54) is 11.1 Å². The summed E-state index contributed by atoms with van der Waals surface area (Å²) in [5.41, 5.74) is 2.38. The maximum atomic E-state index is 5.35. The number of guanidine groups is 1. The number of rotatable bonds is 8. The molecule has 136 valence electrons. The molecule has 0 spiro atoms. The molecule has 0 amide bonds. The summed E-state index contributed by atoms with van der Waals surface area (Å²) in [6.45, 7) is 4.34. The van der Waals surface area contributed by atoms with Gasteiger partial charge < -0.3 is 24.7 Å². The van der Waals surface area contributed by atoms with Crippen LogP contribution < -0.4 is 20.1 Å². The van der Waals surface area contributed by atoms with Crippen molar-refractivity contribution >= 4 is 5.96 Å². The molecule has 1 heterocycles. The number of aromatic nitrogens is 1. The number of aryl methyl sites for hydroxylation is 1. The molecule has 0 aliphatic carbocycles. The van der Waals surface area contributed by atoms with Crippen molar-refractivity contribution in [2.24, 2.45) is 12.0 Å². The second-order valence-electron chi connectivity index (χ2n) is 5.75. The van der Waals surface area contributed by atoms with E-state index in [9.17, 15) is 0 Å². The number of hydrogen-bond donors (Lipinski definition) is 2. The first-order chi connectivity index (χ1) is 12.2. The predicted molar refractivity (Wildman–Crippen MR) is 101 cm³/mol. The van der Waals surface area contributed by atoms with Gasteiger partial charge in [-0.1, -0.05) is 6.07 Å². The Bertz CT molecular complexity index is 694. The number of aliphatic imine (C=N–C) groups is 1. The summed E-state index contributed by atoms with van der Waals surface area (Å²) in [5, 5.41) is 6.65. The van der Waals surface area contributed by atoms with Gasteiger partial charge in [0.2, 0.25) is 0 Å². The number of benzene rings is 1. The summed E-state index contributed by atoms with van der Waals surface area (Å²) in [6.07, 6.45) is 4.98. The Morgan fingerprint density at radius 2 is 1.88 bits per heavy atom. The molecule has 2 rings (SSSR count). The third-order valence-electron chi connectivity index (χ3n) is 3.81. The van der Waals surface area contributed by atoms with Crippen molar-refractivity contribution in [3.63, 3.8) is 0 Å². The first-order valence-corrected chi connectivity index (χ1v) is 8.50. The SMILES string of the molecule is CCNC(=NCc1ccn(C)c1)NCCc1ccc(OC)c(OC)c1. The van der Waals surface area contributed by atoms with E-state index in [0.717, 1.165) is 37.0 Å². The van der Waals surface area contributed by atoms with Gasteiger partial charge >= 0.3 is 0 Å². The van der Waals surface area contributed by atoms with Crippen LogP contribution in [0.25, 0.3) is 0 Å². The van der Waals surface area contributed by atoms with Gasteiger partial charge in [-0.05, 0) is 42.7 Å². The van der Waals surface area contributed by atoms with Crippen LogP contribution in [0.5, 0.6) is 11.5 Å². The fraction of sp³-hybridized carbons (Fsp3) is 0.421. The van der Waals surface area contributed by atoms with Gasteiger partial charge in [-0.3, -0.25) is 0 Å². The molecule has 0 bridgehead atoms. The molecule has 2 aromatic rings. The van der Waals surface area contributed by atoms with Crippen molar-refractivity contribution in [3.05, 3.63) is 47.8 Å². The van der Waals surface area contributed by atoms with Crippen molar-refractivity contribution in [1.82, 2.24) is 15.2 Å². The Morgan fingerprint density at radius 3 is 2.52 bits per heavy atom. The van der Waals surface area contributed by atoms with Gasteiger partial charge in [0.1, 0.15) is 0 Å². The van der Waals surface area contributed by atoms with Crippen molar-refractivity contribution in [2.45, 2.75) is 19.9 Å². The highest BCUT2D eigenvalue weighted by Gasteiger charge is 2.05. The monoisotopic (exact) mass is 344 g/mol. The molecule has 25 heavy (non-hydrogen) atoms. The van der Waals surface area contributed by atoms with E-state index < -0.39 is 0 Å². The fourth-order valence-corrected chi connectivity index (χ4v) is 2.53. The van der Waals surface area contributed by atoms with E-state index in [-0.39, 0.29) is 0 Å². The highest BCUT2D eigenvalue weighted by atomic mass is 16.5. The summed E-state index contributed by atoms with van der Waals surface area (Å²) < 4.78 is 12.6. The summed E-state index contributed by atoms with van der Waals surface area (Å²) in [5.74, 6) is 2.33. The molecule has 0 atom stereocenters. The van der Waals surface area contributed by atoms with Crippen LogP contribution in [0.3, 0.4) is 0 Å². The second-order valence-corrected chi connectivity index (χ2v) is 5.75. The Hall–Kier alpha value is -2.63. The summed E-state index contributed by atoms with van der Waals surface area (Å²) in [6, 6.07) is 8.07. The maximum absolute atomic E-state index is 5.35. The first-order valence-electron chi connectivity index (χ1n) is 8.50. The van der Waals surface area contributed by atoms with Crippen LogP contribution >= 0.6 is 0 Å². The molecule has 0 fully saturated rings. The maximum Gasteiger partial charge on any atom is 0.191 e. The summed E-state index contributed by atoms with van der Waals surface area (Å²) in [4.78, 5) is 4.63. The van der Waals surface area contributed by atoms with E-state index in [4.69, 9.17) is 9.47 Å². The van der Waals surface area contributed by atoms with Gasteiger partial charge in [0.15, 0.2) is 17.5 Å². The smallest absolute Gasteiger partial charge is 0.191 e. The van der Waals surface area contributed by atoms with Crippen LogP contribution in [0, 0.1) is 0 Å². The number of hydrogen-bond acceptors (Lipinski definition) is 3. The third kappa shape index (κ3) is 5.74. The van der Waals surface area contributed by atoms with Gasteiger partial charge in [0, 0.05) is 32.5 Å². The second kappa shape index (κ2) is 9.61. The molecule has 1 aromatic heterocycles. The minimum absolute atomic E-state index is 0.659. The molecule has 0 aliphatic heterocycles. The predicted octanol–water partition coefficient (Wildman–Crippen LogP) is 2.34. The zero-order valence-electron chi connectivity index (χ0n) is 15.5. The summed E-state index contributed by atoms with van der Waals surface area (Å²) >= 11 is 0. The average molecular weight is 344 g/mol. The zero-order valence-corrected chi connectivity index (χ0v) is 15.5. The largest absolute Gasteiger partial charge is 0.493 e. The molecule has 0 saturated carbocycles. The van der Waals surface area contributed by atoms with E-state index in [1.54, 1.807) is 14.2 Å². The van der Waals surface area contributed by atoms with Crippen LogP contribution in [-0.2, 0) is 20.0 Å². The normalized spacial score (nSPS) is 11.3. The zero-order chi connectivity index (χ0) is 18.1. The van der Waals surface area contributed by atoms with Crippen molar-refractivity contribution in [3.8, 4) is 11.5 Å². The number of nitrogens with one attached hydrogen (secondary N) is 2. The van der Waals surface area contributed by atoms with Crippen molar-refractivity contribution in [2.75, 3.05) is 27.3 Å². The molecule has 0 unspecified atom stereocenters. The Kier molecular flexibility index (Phi) is 7.19. The molecular formula is C19H28N4O2. The Morgan fingerprint density at radius 1 is 1.08 bits per heavy atom. The van der Waals surface area contributed by atoms with E-state index in [2.05, 4.69) is 40.9 Å². The van der Waals surface area contributed by atoms with Gasteiger partial charge in [0.25, 0.3) is 0 Å². The van der Waals surface area contributed by atoms with E-state index in [0.29, 0.717) is 6.54 Å². The standard InChI is InChI=1S/C19H28N4O2/c1-5-20-19(22-13-16-9-11-23(2)14-16)21-10-8-15-6-7-17(24-3)18(12-15)25-4/h6-7,9,11-12,14H,5,8,10,13H2,1-4H3,(H2,20,21,22). The van der Waals surface area contributed by atoms with Crippen LogP contribution in [-0.4, -0.2) is 37.8 Å². The van der Waals surface area contributed by atoms with Crippen molar-refractivity contribution in [1.29, 1.82) is 0 Å². The van der Waals surface area contributed by atoms with Gasteiger partial charge in [-0.15, -0.1) is 0 Å². The highest BCUT2D eigenvalue weighted by Crippen LogP contribution is 2.27. The number of ether oxygens (including phenoxy) is 2. The lowest BCUT2D eigenvalue weighted by molar-refractivity contribution is 0.354. The topological polar surface area (TPSA) is 59.8 Å². The Balaban J connectivity index is 1.90. The first kappa shape index (κ1) is 18.7. The van der Waals surface area contributed by atoms with Crippen LogP contribution in [0.1, 0.15) is 18.1 Å². The molecule has 0 saturated heterocycles. The molecule has 6 heteroatoms. The van der Waals surface area contributed by atoms with Gasteiger partial charge in [-0.25, -0.2) is 4.99 Å². The average Bonchev–Trinajstić information content (AvgIpc) is 3.04. The quantitative estimate of drug-likeness (QED) is 0.570. The lowest BCUT2D eigenvalue weighted by atomic mass is 10.1. The lowest BCUT2D eigenvalue weighted by Gasteiger charge is -2.12. The molecule has 6 nitrogen and oxygen atoms in total. The van der Waals surface area contributed by atoms with Gasteiger partial charge in [0.05, 0.1) is 20.8 Å². The van der Waals surface area contributed by atoms with E-state index >= 15 is 0 Å². The molecule has 0 aliphatic rings. The third-order valence-corrected chi connectivity index (χ3v) is 3.81. The molecule has 1 aromatic carbocycles.